The molecule has 4 N–H and O–H groups in total. The third-order valence-corrected chi connectivity index (χ3v) is 5.24. The van der Waals surface area contributed by atoms with Gasteiger partial charge in [-0.2, -0.15) is 0 Å². The smallest absolute Gasteiger partial charge is 0.272 e. The lowest BCUT2D eigenvalue weighted by Gasteiger charge is -2.21. The maximum Gasteiger partial charge on any atom is 0.272 e. The molecule has 0 aliphatic heterocycles. The first-order chi connectivity index (χ1) is 15.9. The fourth-order valence-electron chi connectivity index (χ4n) is 3.39. The molecule has 0 fully saturated rings. The van der Waals surface area contributed by atoms with Crippen LogP contribution in [-0.2, 0) is 6.54 Å². The second-order valence-corrected chi connectivity index (χ2v) is 8.92. The number of carbonyl (C=O) groups excluding carboxylic acids is 2. The minimum absolute atomic E-state index is 0.0129. The molecule has 2 rings (SSSR count). The summed E-state index contributed by atoms with van der Waals surface area (Å²) in [5.41, 5.74) is 2.20. The van der Waals surface area contributed by atoms with E-state index in [0.717, 1.165) is 17.5 Å². The second-order valence-electron chi connectivity index (χ2n) is 8.92. The predicted molar refractivity (Wildman–Crippen MR) is 134 cm³/mol. The highest BCUT2D eigenvalue weighted by Crippen LogP contribution is 2.20. The fourth-order valence-corrected chi connectivity index (χ4v) is 3.39. The Morgan fingerprint density at radius 3 is 2.41 bits per heavy atom. The Labute approximate surface area is 200 Å². The van der Waals surface area contributed by atoms with Gasteiger partial charge in [-0.1, -0.05) is 0 Å². The monoisotopic (exact) mass is 469 g/mol. The van der Waals surface area contributed by atoms with Gasteiger partial charge < -0.3 is 30.8 Å². The maximum absolute atomic E-state index is 13.2. The minimum atomic E-state index is -0.503. The molecule has 2 amide bonds. The zero-order valence-corrected chi connectivity index (χ0v) is 21.0. The number of aromatic amines is 1. The number of nitrogens with one attached hydrogen (secondary N) is 4. The average Bonchev–Trinajstić information content (AvgIpc) is 2.74. The Morgan fingerprint density at radius 1 is 1.18 bits per heavy atom. The maximum atomic E-state index is 13.2. The highest BCUT2D eigenvalue weighted by atomic mass is 16.2. The first-order valence-corrected chi connectivity index (χ1v) is 11.1. The highest BCUT2D eigenvalue weighted by molar-refractivity contribution is 6.06. The largest absolute Gasteiger partial charge is 0.367 e. The number of hydrogen-bond acceptors (Lipinski definition) is 7. The molecule has 2 heterocycles. The Hall–Kier alpha value is -3.53. The van der Waals surface area contributed by atoms with Crippen molar-refractivity contribution in [2.24, 2.45) is 0 Å². The molecule has 0 bridgehead atoms. The van der Waals surface area contributed by atoms with Crippen molar-refractivity contribution in [1.82, 2.24) is 25.1 Å². The third kappa shape index (κ3) is 6.74. The molecule has 184 valence electrons. The molecule has 0 aliphatic carbocycles. The second kappa shape index (κ2) is 11.6. The number of anilines is 1. The van der Waals surface area contributed by atoms with E-state index in [0.29, 0.717) is 18.7 Å². The quantitative estimate of drug-likeness (QED) is 0.392. The van der Waals surface area contributed by atoms with E-state index in [1.165, 1.54) is 6.07 Å². The van der Waals surface area contributed by atoms with E-state index in [4.69, 9.17) is 5.41 Å². The predicted octanol–water partition coefficient (Wildman–Crippen LogP) is 1.77. The van der Waals surface area contributed by atoms with E-state index in [1.807, 2.05) is 45.8 Å². The number of aromatic nitrogens is 2. The van der Waals surface area contributed by atoms with Crippen molar-refractivity contribution in [2.75, 3.05) is 39.5 Å². The molecular formula is C24H35N7O3. The number of amides is 2. The Bertz CT molecular complexity index is 1120. The van der Waals surface area contributed by atoms with Crippen molar-refractivity contribution in [3.8, 4) is 0 Å². The van der Waals surface area contributed by atoms with Crippen LogP contribution in [0.15, 0.2) is 16.9 Å². The van der Waals surface area contributed by atoms with E-state index in [2.05, 4.69) is 20.6 Å². The van der Waals surface area contributed by atoms with Crippen LogP contribution >= 0.6 is 0 Å². The lowest BCUT2D eigenvalue weighted by atomic mass is 10.1. The van der Waals surface area contributed by atoms with Gasteiger partial charge in [0.25, 0.3) is 17.4 Å². The number of aryl methyl sites for hydroxylation is 2. The number of H-pyrrole nitrogens is 1. The molecule has 10 nitrogen and oxygen atoms in total. The Kier molecular flexibility index (Phi) is 9.08. The molecule has 2 aromatic rings. The molecule has 0 unspecified atom stereocenters. The van der Waals surface area contributed by atoms with Crippen LogP contribution in [0, 0.1) is 19.3 Å². The van der Waals surface area contributed by atoms with Crippen molar-refractivity contribution in [1.29, 1.82) is 5.41 Å². The molecule has 0 saturated carbocycles. The van der Waals surface area contributed by atoms with E-state index < -0.39 is 5.91 Å². The van der Waals surface area contributed by atoms with Crippen LogP contribution in [0.2, 0.25) is 0 Å². The van der Waals surface area contributed by atoms with Crippen molar-refractivity contribution in [3.05, 3.63) is 56.1 Å². The Balaban J connectivity index is 2.43. The van der Waals surface area contributed by atoms with Crippen molar-refractivity contribution in [3.63, 3.8) is 0 Å². The molecule has 2 aromatic heterocycles. The molecule has 10 heteroatoms. The third-order valence-electron chi connectivity index (χ3n) is 5.24. The van der Waals surface area contributed by atoms with E-state index in [1.54, 1.807) is 18.9 Å². The summed E-state index contributed by atoms with van der Waals surface area (Å²) in [6, 6.07) is 3.21. The molecule has 0 atom stereocenters. The number of pyridine rings is 2. The van der Waals surface area contributed by atoms with Crippen LogP contribution < -0.4 is 16.2 Å². The number of hydrogen-bond donors (Lipinski definition) is 4. The van der Waals surface area contributed by atoms with E-state index in [9.17, 15) is 14.4 Å². The summed E-state index contributed by atoms with van der Waals surface area (Å²) in [5.74, 6) is -0.548. The standard InChI is InChI=1S/C24H35N7O3/c1-14(2)27-21-18(12-25)17(11-20(29-21)24(34)31(7)9-8-30(5)6)22(32)26-13-19-15(3)10-16(4)28-23(19)33/h10-12,14,25H,8-9,13H2,1-7H3,(H,26,32)(H,27,29)(H,28,33). The molecule has 0 radical (unpaired) electrons. The topological polar surface area (TPSA) is 134 Å². The first kappa shape index (κ1) is 26.7. The molecule has 0 saturated heterocycles. The van der Waals surface area contributed by atoms with Gasteiger partial charge in [-0.05, 0) is 59.5 Å². The summed E-state index contributed by atoms with van der Waals surface area (Å²) < 4.78 is 0. The van der Waals surface area contributed by atoms with Crippen LogP contribution in [0.25, 0.3) is 0 Å². The van der Waals surface area contributed by atoms with Crippen LogP contribution in [0.3, 0.4) is 0 Å². The van der Waals surface area contributed by atoms with Gasteiger partial charge >= 0.3 is 0 Å². The van der Waals surface area contributed by atoms with Crippen LogP contribution in [0.4, 0.5) is 5.82 Å². The summed E-state index contributed by atoms with van der Waals surface area (Å²) in [6.07, 6.45) is 1.04. The number of rotatable bonds is 10. The van der Waals surface area contributed by atoms with Crippen molar-refractivity contribution in [2.45, 2.75) is 40.3 Å². The summed E-state index contributed by atoms with van der Waals surface area (Å²) >= 11 is 0. The van der Waals surface area contributed by atoms with Crippen LogP contribution in [0.1, 0.15) is 57.1 Å². The molecular weight excluding hydrogens is 434 g/mol. The van der Waals surface area contributed by atoms with E-state index in [-0.39, 0.29) is 46.7 Å². The zero-order chi connectivity index (χ0) is 25.6. The average molecular weight is 470 g/mol. The van der Waals surface area contributed by atoms with E-state index >= 15 is 0 Å². The SMILES string of the molecule is Cc1cc(C)c(CNC(=O)c2cc(C(=O)N(C)CCN(C)C)nc(NC(C)C)c2C=N)c(=O)[nH]1. The normalized spacial score (nSPS) is 11.0. The number of likely N-dealkylation sites (N-methyl/N-ethyl adjacent to an activating group) is 2. The summed E-state index contributed by atoms with van der Waals surface area (Å²) in [7, 11) is 5.52. The number of carbonyl (C=O) groups is 2. The summed E-state index contributed by atoms with van der Waals surface area (Å²) in [6.45, 7) is 8.59. The lowest BCUT2D eigenvalue weighted by molar-refractivity contribution is 0.0780. The van der Waals surface area contributed by atoms with Gasteiger partial charge in [0.05, 0.1) is 5.56 Å². The summed E-state index contributed by atoms with van der Waals surface area (Å²) in [5, 5.41) is 13.8. The molecule has 0 aliphatic rings. The minimum Gasteiger partial charge on any atom is -0.367 e. The Morgan fingerprint density at radius 2 is 1.85 bits per heavy atom. The van der Waals surface area contributed by atoms with Crippen LogP contribution in [-0.4, -0.2) is 78.1 Å². The lowest BCUT2D eigenvalue weighted by Crippen LogP contribution is -2.35. The fraction of sp³-hybridized carbons (Fsp3) is 0.458. The zero-order valence-electron chi connectivity index (χ0n) is 21.0. The van der Waals surface area contributed by atoms with Gasteiger partial charge in [-0.25, -0.2) is 4.98 Å². The van der Waals surface area contributed by atoms with Gasteiger partial charge in [0, 0.05) is 55.8 Å². The van der Waals surface area contributed by atoms with Crippen molar-refractivity contribution >= 4 is 23.8 Å². The molecule has 34 heavy (non-hydrogen) atoms. The van der Waals surface area contributed by atoms with Gasteiger partial charge in [0.15, 0.2) is 0 Å². The highest BCUT2D eigenvalue weighted by Gasteiger charge is 2.22. The number of nitrogens with zero attached hydrogens (tertiary/aromatic N) is 3. The van der Waals surface area contributed by atoms with Crippen molar-refractivity contribution < 1.29 is 9.59 Å². The van der Waals surface area contributed by atoms with Gasteiger partial charge in [0.1, 0.15) is 11.5 Å². The molecule has 0 aromatic carbocycles. The van der Waals surface area contributed by atoms with Gasteiger partial charge in [-0.15, -0.1) is 0 Å². The van der Waals surface area contributed by atoms with Crippen LogP contribution in [0.5, 0.6) is 0 Å². The van der Waals surface area contributed by atoms with Gasteiger partial charge in [0.2, 0.25) is 0 Å². The molecule has 0 spiro atoms. The summed E-state index contributed by atoms with van der Waals surface area (Å²) in [4.78, 5) is 49.2. The van der Waals surface area contributed by atoms with Gasteiger partial charge in [-0.3, -0.25) is 14.4 Å². The first-order valence-electron chi connectivity index (χ1n) is 11.1.